The number of amides is 4. The number of carboxylic acid groups (broad SMARTS) is 1. The molecule has 0 spiro atoms. The van der Waals surface area contributed by atoms with E-state index in [1.54, 1.807) is 0 Å². The summed E-state index contributed by atoms with van der Waals surface area (Å²) in [4.78, 5) is 65.3. The number of aliphatic carboxylic acids is 1. The number of carbonyl (C=O) groups excluding carboxylic acids is 4. The molecule has 14 heteroatoms. The van der Waals surface area contributed by atoms with Crippen molar-refractivity contribution >= 4 is 29.6 Å². The van der Waals surface area contributed by atoms with E-state index in [0.717, 1.165) is 0 Å². The number of aromatic amines is 1. The van der Waals surface area contributed by atoms with E-state index in [-0.39, 0.29) is 19.3 Å². The fourth-order valence-electron chi connectivity index (χ4n) is 2.36. The Balaban J connectivity index is 2.89. The van der Waals surface area contributed by atoms with Crippen LogP contribution >= 0.6 is 0 Å². The number of nitrogens with two attached hydrogens (primary N) is 2. The van der Waals surface area contributed by atoms with Gasteiger partial charge in [0.25, 0.3) is 0 Å². The van der Waals surface area contributed by atoms with Gasteiger partial charge >= 0.3 is 5.97 Å². The first-order chi connectivity index (χ1) is 14.2. The lowest BCUT2D eigenvalue weighted by Crippen LogP contribution is -2.57. The van der Waals surface area contributed by atoms with Crippen LogP contribution in [0.25, 0.3) is 0 Å². The Labute approximate surface area is 170 Å². The van der Waals surface area contributed by atoms with Crippen LogP contribution in [0.3, 0.4) is 0 Å². The third-order valence-electron chi connectivity index (χ3n) is 3.93. The molecule has 0 saturated carbocycles. The lowest BCUT2D eigenvalue weighted by atomic mass is 10.1. The van der Waals surface area contributed by atoms with Crippen molar-refractivity contribution in [3.05, 3.63) is 18.2 Å². The summed E-state index contributed by atoms with van der Waals surface area (Å²) in [5.41, 5.74) is 10.7. The molecule has 1 rings (SSSR count). The van der Waals surface area contributed by atoms with Crippen molar-refractivity contribution in [2.45, 2.75) is 37.4 Å². The summed E-state index contributed by atoms with van der Waals surface area (Å²) in [6.45, 7) is -1.21. The molecule has 0 radical (unpaired) electrons. The van der Waals surface area contributed by atoms with E-state index in [4.69, 9.17) is 11.5 Å². The zero-order valence-electron chi connectivity index (χ0n) is 16.0. The largest absolute Gasteiger partial charge is 0.480 e. The summed E-state index contributed by atoms with van der Waals surface area (Å²) in [6.07, 6.45) is 2.11. The molecule has 1 heterocycles. The van der Waals surface area contributed by atoms with Crippen LogP contribution in [0.1, 0.15) is 18.5 Å². The number of primary amides is 1. The van der Waals surface area contributed by atoms with Gasteiger partial charge in [0.15, 0.2) is 0 Å². The summed E-state index contributed by atoms with van der Waals surface area (Å²) in [7, 11) is 0. The van der Waals surface area contributed by atoms with Gasteiger partial charge in [-0.05, 0) is 6.42 Å². The van der Waals surface area contributed by atoms with Crippen molar-refractivity contribution in [3.63, 3.8) is 0 Å². The Morgan fingerprint density at radius 1 is 1.07 bits per heavy atom. The van der Waals surface area contributed by atoms with Crippen LogP contribution in [0.2, 0.25) is 0 Å². The molecule has 3 atom stereocenters. The summed E-state index contributed by atoms with van der Waals surface area (Å²) >= 11 is 0. The second-order valence-corrected chi connectivity index (χ2v) is 6.25. The topological polar surface area (TPSA) is 243 Å². The van der Waals surface area contributed by atoms with Crippen molar-refractivity contribution in [1.29, 1.82) is 0 Å². The molecule has 0 aliphatic heterocycles. The number of rotatable bonds is 13. The van der Waals surface area contributed by atoms with Gasteiger partial charge in [-0.3, -0.25) is 19.2 Å². The molecular formula is C16H25N7O7. The number of hydrogen-bond donors (Lipinski definition) is 8. The van der Waals surface area contributed by atoms with Gasteiger partial charge in [0, 0.05) is 24.7 Å². The molecule has 0 aliphatic carbocycles. The number of H-pyrrole nitrogens is 1. The van der Waals surface area contributed by atoms with E-state index in [0.29, 0.717) is 5.69 Å². The van der Waals surface area contributed by atoms with Crippen LogP contribution < -0.4 is 27.4 Å². The molecule has 1 aromatic rings. The third kappa shape index (κ3) is 8.24. The van der Waals surface area contributed by atoms with Crippen LogP contribution in [-0.2, 0) is 30.4 Å². The highest BCUT2D eigenvalue weighted by atomic mass is 16.4. The van der Waals surface area contributed by atoms with E-state index in [1.165, 1.54) is 12.5 Å². The summed E-state index contributed by atoms with van der Waals surface area (Å²) < 4.78 is 0. The molecule has 0 aromatic carbocycles. The predicted molar refractivity (Wildman–Crippen MR) is 100 cm³/mol. The number of hydrogen-bond acceptors (Lipinski definition) is 8. The summed E-state index contributed by atoms with van der Waals surface area (Å²) in [5, 5.41) is 25.3. The molecule has 166 valence electrons. The Morgan fingerprint density at radius 2 is 1.70 bits per heavy atom. The quantitative estimate of drug-likeness (QED) is 0.151. The zero-order chi connectivity index (χ0) is 22.7. The number of nitrogens with one attached hydrogen (secondary N) is 4. The first-order valence-corrected chi connectivity index (χ1v) is 8.87. The average molecular weight is 427 g/mol. The van der Waals surface area contributed by atoms with E-state index < -0.39 is 60.9 Å². The molecule has 0 fully saturated rings. The van der Waals surface area contributed by atoms with Crippen molar-refractivity contribution < 1.29 is 34.2 Å². The molecule has 1 aromatic heterocycles. The fraction of sp³-hybridized carbons (Fsp3) is 0.500. The van der Waals surface area contributed by atoms with E-state index >= 15 is 0 Å². The van der Waals surface area contributed by atoms with E-state index in [9.17, 15) is 34.2 Å². The summed E-state index contributed by atoms with van der Waals surface area (Å²) in [5.74, 6) is -4.61. The maximum atomic E-state index is 12.6. The van der Waals surface area contributed by atoms with Crippen LogP contribution in [0.15, 0.2) is 12.5 Å². The van der Waals surface area contributed by atoms with Gasteiger partial charge in [0.05, 0.1) is 19.5 Å². The van der Waals surface area contributed by atoms with Crippen molar-refractivity contribution in [2.75, 3.05) is 13.2 Å². The normalized spacial score (nSPS) is 13.5. The van der Waals surface area contributed by atoms with Crippen LogP contribution in [-0.4, -0.2) is 81.1 Å². The summed E-state index contributed by atoms with van der Waals surface area (Å²) in [6, 6.07) is -4.10. The smallest absolute Gasteiger partial charge is 0.326 e. The monoisotopic (exact) mass is 427 g/mol. The zero-order valence-corrected chi connectivity index (χ0v) is 16.0. The molecule has 0 aliphatic rings. The number of aliphatic hydroxyl groups is 1. The molecular weight excluding hydrogens is 402 g/mol. The number of carboxylic acids is 1. The lowest BCUT2D eigenvalue weighted by molar-refractivity contribution is -0.142. The Kier molecular flexibility index (Phi) is 9.91. The number of aliphatic hydroxyl groups excluding tert-OH is 1. The van der Waals surface area contributed by atoms with Gasteiger partial charge < -0.3 is 42.6 Å². The standard InChI is InChI=1S/C16H25N7O7/c17-4-13(26)21-11(6-24)15(28)22-9(1-2-12(18)25)14(27)23-10(16(29)30)3-8-5-19-7-20-8/h5,7,9-11,24H,1-4,6,17H2,(H2,18,25)(H,19,20)(H,21,26)(H,22,28)(H,23,27)(H,29,30). The van der Waals surface area contributed by atoms with Gasteiger partial charge in [-0.2, -0.15) is 0 Å². The van der Waals surface area contributed by atoms with Crippen molar-refractivity contribution in [3.8, 4) is 0 Å². The highest BCUT2D eigenvalue weighted by Gasteiger charge is 2.29. The van der Waals surface area contributed by atoms with Crippen LogP contribution in [0.4, 0.5) is 0 Å². The van der Waals surface area contributed by atoms with Crippen molar-refractivity contribution in [1.82, 2.24) is 25.9 Å². The predicted octanol–water partition coefficient (Wildman–Crippen LogP) is -4.29. The second-order valence-electron chi connectivity index (χ2n) is 6.25. The van der Waals surface area contributed by atoms with E-state index in [1.807, 2.05) is 0 Å². The van der Waals surface area contributed by atoms with Crippen molar-refractivity contribution in [2.24, 2.45) is 11.5 Å². The van der Waals surface area contributed by atoms with Gasteiger partial charge in [-0.1, -0.05) is 0 Å². The average Bonchev–Trinajstić information content (AvgIpc) is 3.20. The highest BCUT2D eigenvalue weighted by molar-refractivity contribution is 5.94. The highest BCUT2D eigenvalue weighted by Crippen LogP contribution is 2.03. The first-order valence-electron chi connectivity index (χ1n) is 8.87. The van der Waals surface area contributed by atoms with Crippen LogP contribution in [0.5, 0.6) is 0 Å². The Hall–Kier alpha value is -3.52. The maximum Gasteiger partial charge on any atom is 0.326 e. The maximum absolute atomic E-state index is 12.6. The number of nitrogens with zero attached hydrogens (tertiary/aromatic N) is 1. The number of carbonyl (C=O) groups is 5. The number of imidazole rings is 1. The lowest BCUT2D eigenvalue weighted by Gasteiger charge is -2.23. The molecule has 0 saturated heterocycles. The van der Waals surface area contributed by atoms with Gasteiger partial charge in [-0.15, -0.1) is 0 Å². The van der Waals surface area contributed by atoms with Gasteiger partial charge in [-0.25, -0.2) is 9.78 Å². The number of aromatic nitrogens is 2. The fourth-order valence-corrected chi connectivity index (χ4v) is 2.36. The molecule has 3 unspecified atom stereocenters. The Morgan fingerprint density at radius 3 is 2.20 bits per heavy atom. The molecule has 10 N–H and O–H groups in total. The minimum atomic E-state index is -1.40. The molecule has 30 heavy (non-hydrogen) atoms. The molecule has 0 bridgehead atoms. The van der Waals surface area contributed by atoms with Gasteiger partial charge in [0.2, 0.25) is 23.6 Å². The Bertz CT molecular complexity index is 753. The molecule has 4 amide bonds. The van der Waals surface area contributed by atoms with E-state index in [2.05, 4.69) is 25.9 Å². The minimum Gasteiger partial charge on any atom is -0.480 e. The first kappa shape index (κ1) is 24.5. The van der Waals surface area contributed by atoms with Gasteiger partial charge in [0.1, 0.15) is 18.1 Å². The second kappa shape index (κ2) is 12.1. The molecule has 14 nitrogen and oxygen atoms in total. The SMILES string of the molecule is NCC(=O)NC(CO)C(=O)NC(CCC(N)=O)C(=O)NC(Cc1cnc[nH]1)C(=O)O. The minimum absolute atomic E-state index is 0.108. The van der Waals surface area contributed by atoms with Crippen LogP contribution in [0, 0.1) is 0 Å². The third-order valence-corrected chi connectivity index (χ3v) is 3.93.